The molecule has 0 aliphatic heterocycles. The molecule has 1 aromatic carbocycles. The fraction of sp³-hybridized carbons (Fsp3) is 0.500. The summed E-state index contributed by atoms with van der Waals surface area (Å²) in [5.74, 6) is -0.0144. The maximum absolute atomic E-state index is 11.6. The zero-order chi connectivity index (χ0) is 13.4. The maximum atomic E-state index is 11.6. The topological polar surface area (TPSA) is 64.3 Å². The number of ether oxygens (including phenoxy) is 1. The van der Waals surface area contributed by atoms with Crippen molar-refractivity contribution in [1.29, 1.82) is 0 Å². The van der Waals surface area contributed by atoms with Gasteiger partial charge in [-0.3, -0.25) is 4.79 Å². The summed E-state index contributed by atoms with van der Waals surface area (Å²) in [7, 11) is 1.57. The van der Waals surface area contributed by atoms with Crippen LogP contribution in [0.3, 0.4) is 0 Å². The van der Waals surface area contributed by atoms with Gasteiger partial charge in [-0.05, 0) is 18.9 Å². The summed E-state index contributed by atoms with van der Waals surface area (Å²) in [5.41, 5.74) is 7.93. The van der Waals surface area contributed by atoms with Gasteiger partial charge in [0.2, 0.25) is 5.91 Å². The Morgan fingerprint density at radius 2 is 2.06 bits per heavy atom. The summed E-state index contributed by atoms with van der Waals surface area (Å²) < 4.78 is 5.06. The Labute approximate surface area is 109 Å². The molecule has 0 heterocycles. The van der Waals surface area contributed by atoms with Gasteiger partial charge in [-0.15, -0.1) is 0 Å². The summed E-state index contributed by atoms with van der Waals surface area (Å²) in [6.45, 7) is 3.06. The first-order valence-corrected chi connectivity index (χ1v) is 6.20. The van der Waals surface area contributed by atoms with E-state index < -0.39 is 0 Å². The molecular formula is C14H22N2O2. The predicted octanol–water partition coefficient (Wildman–Crippen LogP) is 1.02. The lowest BCUT2D eigenvalue weighted by molar-refractivity contribution is -0.123. The second kappa shape index (κ2) is 7.84. The number of hydrogen-bond acceptors (Lipinski definition) is 3. The van der Waals surface area contributed by atoms with Crippen LogP contribution in [0.15, 0.2) is 24.3 Å². The van der Waals surface area contributed by atoms with Crippen molar-refractivity contribution in [1.82, 2.24) is 5.32 Å². The van der Waals surface area contributed by atoms with Crippen molar-refractivity contribution in [3.05, 3.63) is 35.4 Å². The van der Waals surface area contributed by atoms with E-state index in [0.29, 0.717) is 19.5 Å². The van der Waals surface area contributed by atoms with Crippen LogP contribution in [0.2, 0.25) is 0 Å². The van der Waals surface area contributed by atoms with E-state index in [9.17, 15) is 4.79 Å². The van der Waals surface area contributed by atoms with E-state index in [4.69, 9.17) is 10.5 Å². The molecule has 100 valence electrons. The summed E-state index contributed by atoms with van der Waals surface area (Å²) >= 11 is 0. The quantitative estimate of drug-likeness (QED) is 0.759. The molecule has 3 N–H and O–H groups in total. The molecule has 0 radical (unpaired) electrons. The van der Waals surface area contributed by atoms with E-state index >= 15 is 0 Å². The number of methoxy groups -OCH3 is 1. The molecule has 1 rings (SSSR count). The highest BCUT2D eigenvalue weighted by molar-refractivity contribution is 5.76. The van der Waals surface area contributed by atoms with Crippen LogP contribution in [0, 0.1) is 6.92 Å². The Morgan fingerprint density at radius 1 is 1.39 bits per heavy atom. The third-order valence-corrected chi connectivity index (χ3v) is 2.87. The van der Waals surface area contributed by atoms with Crippen molar-refractivity contribution in [3.63, 3.8) is 0 Å². The van der Waals surface area contributed by atoms with E-state index in [2.05, 4.69) is 36.5 Å². The molecule has 0 aliphatic carbocycles. The Kier molecular flexibility index (Phi) is 6.39. The van der Waals surface area contributed by atoms with Crippen molar-refractivity contribution in [2.45, 2.75) is 25.9 Å². The van der Waals surface area contributed by atoms with Crippen LogP contribution in [0.25, 0.3) is 0 Å². The number of benzene rings is 1. The van der Waals surface area contributed by atoms with Gasteiger partial charge in [0, 0.05) is 20.2 Å². The molecule has 0 fully saturated rings. The smallest absolute Gasteiger partial charge is 0.222 e. The first-order valence-electron chi connectivity index (χ1n) is 6.20. The Hall–Kier alpha value is -1.39. The van der Waals surface area contributed by atoms with Crippen LogP contribution in [0.5, 0.6) is 0 Å². The lowest BCUT2D eigenvalue weighted by Gasteiger charge is -2.12. The van der Waals surface area contributed by atoms with Crippen LogP contribution in [0.1, 0.15) is 17.5 Å². The van der Waals surface area contributed by atoms with Crippen molar-refractivity contribution in [2.24, 2.45) is 5.73 Å². The SMILES string of the molecule is COC(CN)CC(=O)NCCc1ccc(C)cc1. The van der Waals surface area contributed by atoms with E-state index in [-0.39, 0.29) is 12.0 Å². The normalized spacial score (nSPS) is 12.2. The fourth-order valence-corrected chi connectivity index (χ4v) is 1.64. The van der Waals surface area contributed by atoms with Gasteiger partial charge >= 0.3 is 0 Å². The van der Waals surface area contributed by atoms with E-state index in [0.717, 1.165) is 6.42 Å². The molecular weight excluding hydrogens is 228 g/mol. The Balaban J connectivity index is 2.25. The van der Waals surface area contributed by atoms with Crippen LogP contribution < -0.4 is 11.1 Å². The highest BCUT2D eigenvalue weighted by Crippen LogP contribution is 2.03. The number of rotatable bonds is 7. The first kappa shape index (κ1) is 14.7. The highest BCUT2D eigenvalue weighted by atomic mass is 16.5. The van der Waals surface area contributed by atoms with Gasteiger partial charge in [0.1, 0.15) is 0 Å². The standard InChI is InChI=1S/C14H22N2O2/c1-11-3-5-12(6-4-11)7-8-16-14(17)9-13(10-15)18-2/h3-6,13H,7-10,15H2,1-2H3,(H,16,17). The number of carbonyl (C=O) groups is 1. The monoisotopic (exact) mass is 250 g/mol. The molecule has 0 saturated heterocycles. The average molecular weight is 250 g/mol. The minimum absolute atomic E-state index is 0.0144. The lowest BCUT2D eigenvalue weighted by Crippen LogP contribution is -2.33. The fourth-order valence-electron chi connectivity index (χ4n) is 1.64. The molecule has 18 heavy (non-hydrogen) atoms. The van der Waals surface area contributed by atoms with Crippen LogP contribution in [0.4, 0.5) is 0 Å². The third-order valence-electron chi connectivity index (χ3n) is 2.87. The number of aryl methyl sites for hydroxylation is 1. The van der Waals surface area contributed by atoms with Crippen molar-refractivity contribution >= 4 is 5.91 Å². The Morgan fingerprint density at radius 3 is 2.61 bits per heavy atom. The second-order valence-corrected chi connectivity index (χ2v) is 4.38. The number of amides is 1. The predicted molar refractivity (Wildman–Crippen MR) is 72.4 cm³/mol. The van der Waals surface area contributed by atoms with Gasteiger partial charge in [0.15, 0.2) is 0 Å². The molecule has 4 nitrogen and oxygen atoms in total. The van der Waals surface area contributed by atoms with Crippen molar-refractivity contribution < 1.29 is 9.53 Å². The highest BCUT2D eigenvalue weighted by Gasteiger charge is 2.10. The molecule has 1 amide bonds. The van der Waals surface area contributed by atoms with Crippen LogP contribution >= 0.6 is 0 Å². The molecule has 1 aromatic rings. The van der Waals surface area contributed by atoms with Gasteiger partial charge in [0.25, 0.3) is 0 Å². The van der Waals surface area contributed by atoms with Crippen molar-refractivity contribution in [2.75, 3.05) is 20.2 Å². The van der Waals surface area contributed by atoms with Crippen LogP contribution in [-0.4, -0.2) is 32.2 Å². The molecule has 4 heteroatoms. The average Bonchev–Trinajstić information content (AvgIpc) is 2.38. The van der Waals surface area contributed by atoms with E-state index in [1.54, 1.807) is 7.11 Å². The van der Waals surface area contributed by atoms with Crippen LogP contribution in [-0.2, 0) is 16.0 Å². The number of nitrogens with one attached hydrogen (secondary N) is 1. The third kappa shape index (κ3) is 5.29. The van der Waals surface area contributed by atoms with Gasteiger partial charge in [0.05, 0.1) is 12.5 Å². The summed E-state index contributed by atoms with van der Waals surface area (Å²) in [5, 5.41) is 2.87. The minimum Gasteiger partial charge on any atom is -0.380 e. The Bertz CT molecular complexity index is 359. The summed E-state index contributed by atoms with van der Waals surface area (Å²) in [4.78, 5) is 11.6. The minimum atomic E-state index is -0.190. The largest absolute Gasteiger partial charge is 0.380 e. The zero-order valence-electron chi connectivity index (χ0n) is 11.1. The zero-order valence-corrected chi connectivity index (χ0v) is 11.1. The van der Waals surface area contributed by atoms with Gasteiger partial charge in [-0.2, -0.15) is 0 Å². The van der Waals surface area contributed by atoms with E-state index in [1.807, 2.05) is 0 Å². The molecule has 0 aliphatic rings. The van der Waals surface area contributed by atoms with Gasteiger partial charge in [-0.1, -0.05) is 29.8 Å². The van der Waals surface area contributed by atoms with Gasteiger partial charge < -0.3 is 15.8 Å². The molecule has 0 saturated carbocycles. The lowest BCUT2D eigenvalue weighted by atomic mass is 10.1. The molecule has 0 aromatic heterocycles. The molecule has 1 unspecified atom stereocenters. The van der Waals surface area contributed by atoms with E-state index in [1.165, 1.54) is 11.1 Å². The van der Waals surface area contributed by atoms with Gasteiger partial charge in [-0.25, -0.2) is 0 Å². The number of hydrogen-bond donors (Lipinski definition) is 2. The number of carbonyl (C=O) groups excluding carboxylic acids is 1. The molecule has 1 atom stereocenters. The number of nitrogens with two attached hydrogens (primary N) is 1. The van der Waals surface area contributed by atoms with Crippen molar-refractivity contribution in [3.8, 4) is 0 Å². The maximum Gasteiger partial charge on any atom is 0.222 e. The molecule has 0 bridgehead atoms. The first-order chi connectivity index (χ1) is 8.65. The molecule has 0 spiro atoms. The summed E-state index contributed by atoms with van der Waals surface area (Å²) in [6, 6.07) is 8.32. The summed E-state index contributed by atoms with van der Waals surface area (Å²) in [6.07, 6.45) is 0.970. The second-order valence-electron chi connectivity index (χ2n) is 4.38.